The monoisotopic (exact) mass is 356 g/mol. The fourth-order valence-electron chi connectivity index (χ4n) is 2.46. The third-order valence-corrected chi connectivity index (χ3v) is 3.74. The molecule has 0 radical (unpaired) electrons. The molecule has 0 atom stereocenters. The van der Waals surface area contributed by atoms with Crippen molar-refractivity contribution in [2.45, 2.75) is 19.9 Å². The minimum atomic E-state index is -0.323. The van der Waals surface area contributed by atoms with E-state index in [0.717, 1.165) is 5.56 Å². The smallest absolute Gasteiger partial charge is 0.322 e. The van der Waals surface area contributed by atoms with Crippen LogP contribution in [0, 0.1) is 0 Å². The van der Waals surface area contributed by atoms with Gasteiger partial charge in [-0.3, -0.25) is 4.79 Å². The minimum absolute atomic E-state index is 0.139. The lowest BCUT2D eigenvalue weighted by Gasteiger charge is -2.23. The zero-order valence-corrected chi connectivity index (χ0v) is 15.1. The topological polar surface area (TPSA) is 67.9 Å². The molecule has 0 aliphatic rings. The van der Waals surface area contributed by atoms with Gasteiger partial charge in [-0.1, -0.05) is 42.5 Å². The quantitative estimate of drug-likeness (QED) is 0.733. The van der Waals surface area contributed by atoms with Crippen LogP contribution in [0.2, 0.25) is 0 Å². The molecule has 0 aliphatic heterocycles. The maximum atomic E-state index is 12.8. The van der Waals surface area contributed by atoms with Gasteiger partial charge >= 0.3 is 12.0 Å². The molecule has 0 saturated heterocycles. The fourth-order valence-corrected chi connectivity index (χ4v) is 2.46. The summed E-state index contributed by atoms with van der Waals surface area (Å²) < 4.78 is 10.2. The van der Waals surface area contributed by atoms with Crippen LogP contribution in [0.1, 0.15) is 18.9 Å². The third-order valence-electron chi connectivity index (χ3n) is 3.74. The standard InChI is InChI=1S/C20H24N2O4/c1-3-26-19(23)13-14-22(15-16-9-5-4-6-10-16)20(24)21-17-11-7-8-12-18(17)25-2/h4-12H,3,13-15H2,1-2H3,(H,21,24). The van der Waals surface area contributed by atoms with Crippen LogP contribution in [-0.4, -0.2) is 37.2 Å². The van der Waals surface area contributed by atoms with E-state index in [0.29, 0.717) is 24.6 Å². The van der Waals surface area contributed by atoms with E-state index in [1.54, 1.807) is 31.1 Å². The molecule has 2 aromatic rings. The summed E-state index contributed by atoms with van der Waals surface area (Å²) in [5.74, 6) is 0.251. The minimum Gasteiger partial charge on any atom is -0.495 e. The number of para-hydroxylation sites is 2. The molecule has 0 aromatic heterocycles. The van der Waals surface area contributed by atoms with Gasteiger partial charge in [-0.25, -0.2) is 4.79 Å². The zero-order valence-electron chi connectivity index (χ0n) is 15.1. The number of methoxy groups -OCH3 is 1. The number of nitrogens with zero attached hydrogens (tertiary/aromatic N) is 1. The number of benzene rings is 2. The van der Waals surface area contributed by atoms with Crippen molar-refractivity contribution in [3.63, 3.8) is 0 Å². The molecule has 0 unspecified atom stereocenters. The molecule has 0 spiro atoms. The van der Waals surface area contributed by atoms with Gasteiger partial charge in [-0.2, -0.15) is 0 Å². The Morgan fingerprint density at radius 3 is 2.42 bits per heavy atom. The molecule has 6 heteroatoms. The van der Waals surface area contributed by atoms with Gasteiger partial charge in [0.1, 0.15) is 5.75 Å². The lowest BCUT2D eigenvalue weighted by atomic mass is 10.2. The van der Waals surface area contributed by atoms with E-state index in [2.05, 4.69) is 5.32 Å². The predicted molar refractivity (Wildman–Crippen MR) is 100 cm³/mol. The van der Waals surface area contributed by atoms with Crippen LogP contribution in [0.4, 0.5) is 10.5 Å². The molecule has 6 nitrogen and oxygen atoms in total. The highest BCUT2D eigenvalue weighted by Gasteiger charge is 2.17. The first kappa shape index (κ1) is 19.3. The second-order valence-electron chi connectivity index (χ2n) is 5.59. The number of esters is 1. The summed E-state index contributed by atoms with van der Waals surface area (Å²) in [6.45, 7) is 2.73. The van der Waals surface area contributed by atoms with Crippen LogP contribution in [0.3, 0.4) is 0 Å². The third kappa shape index (κ3) is 5.81. The number of carbonyl (C=O) groups excluding carboxylic acids is 2. The van der Waals surface area contributed by atoms with Gasteiger partial charge < -0.3 is 19.7 Å². The molecule has 0 heterocycles. The Morgan fingerprint density at radius 1 is 1.04 bits per heavy atom. The van der Waals surface area contributed by atoms with Gasteiger partial charge in [0.15, 0.2) is 0 Å². The maximum Gasteiger partial charge on any atom is 0.322 e. The fraction of sp³-hybridized carbons (Fsp3) is 0.300. The van der Waals surface area contributed by atoms with Crippen LogP contribution < -0.4 is 10.1 Å². The molecule has 2 rings (SSSR count). The molecule has 0 saturated carbocycles. The second-order valence-corrected chi connectivity index (χ2v) is 5.59. The SMILES string of the molecule is CCOC(=O)CCN(Cc1ccccc1)C(=O)Nc1ccccc1OC. The first-order valence-electron chi connectivity index (χ1n) is 8.52. The molecule has 2 aromatic carbocycles. The van der Waals surface area contributed by atoms with Crippen molar-refractivity contribution >= 4 is 17.7 Å². The van der Waals surface area contributed by atoms with Crippen molar-refractivity contribution in [3.8, 4) is 5.75 Å². The van der Waals surface area contributed by atoms with Gasteiger partial charge in [0.25, 0.3) is 0 Å². The Balaban J connectivity index is 2.10. The van der Waals surface area contributed by atoms with E-state index in [4.69, 9.17) is 9.47 Å². The Morgan fingerprint density at radius 2 is 1.73 bits per heavy atom. The van der Waals surface area contributed by atoms with Crippen LogP contribution >= 0.6 is 0 Å². The number of carbonyl (C=O) groups is 2. The summed E-state index contributed by atoms with van der Waals surface area (Å²) in [5, 5.41) is 2.85. The molecule has 0 bridgehead atoms. The van der Waals surface area contributed by atoms with Gasteiger partial charge in [-0.05, 0) is 24.6 Å². The summed E-state index contributed by atoms with van der Waals surface area (Å²) in [4.78, 5) is 26.0. The lowest BCUT2D eigenvalue weighted by Crippen LogP contribution is -2.36. The summed E-state index contributed by atoms with van der Waals surface area (Å²) in [6, 6.07) is 16.5. The van der Waals surface area contributed by atoms with Crippen molar-refractivity contribution in [2.24, 2.45) is 0 Å². The summed E-state index contributed by atoms with van der Waals surface area (Å²) in [5.41, 5.74) is 1.56. The first-order chi connectivity index (χ1) is 12.6. The van der Waals surface area contributed by atoms with Gasteiger partial charge in [0.2, 0.25) is 0 Å². The number of anilines is 1. The number of ether oxygens (including phenoxy) is 2. The largest absolute Gasteiger partial charge is 0.495 e. The Kier molecular flexibility index (Phi) is 7.49. The molecule has 1 N–H and O–H groups in total. The molecule has 0 fully saturated rings. The van der Waals surface area contributed by atoms with Crippen molar-refractivity contribution in [2.75, 3.05) is 25.6 Å². The van der Waals surface area contributed by atoms with E-state index in [-0.39, 0.29) is 25.0 Å². The van der Waals surface area contributed by atoms with E-state index in [1.165, 1.54) is 0 Å². The number of amides is 2. The van der Waals surface area contributed by atoms with Gasteiger partial charge in [0.05, 0.1) is 25.8 Å². The zero-order chi connectivity index (χ0) is 18.8. The highest BCUT2D eigenvalue weighted by Crippen LogP contribution is 2.23. The van der Waals surface area contributed by atoms with Crippen LogP contribution in [0.25, 0.3) is 0 Å². The van der Waals surface area contributed by atoms with E-state index >= 15 is 0 Å². The highest BCUT2D eigenvalue weighted by molar-refractivity contribution is 5.91. The van der Waals surface area contributed by atoms with Crippen LogP contribution in [0.15, 0.2) is 54.6 Å². The van der Waals surface area contributed by atoms with Gasteiger partial charge in [-0.15, -0.1) is 0 Å². The normalized spacial score (nSPS) is 10.1. The number of hydrogen-bond donors (Lipinski definition) is 1. The summed E-state index contributed by atoms with van der Waals surface area (Å²) in [6.07, 6.45) is 0.139. The Labute approximate surface area is 153 Å². The summed E-state index contributed by atoms with van der Waals surface area (Å²) in [7, 11) is 1.55. The van der Waals surface area contributed by atoms with Gasteiger partial charge in [0, 0.05) is 13.1 Å². The predicted octanol–water partition coefficient (Wildman–Crippen LogP) is 3.68. The average molecular weight is 356 g/mol. The van der Waals surface area contributed by atoms with Crippen LogP contribution in [-0.2, 0) is 16.1 Å². The average Bonchev–Trinajstić information content (AvgIpc) is 2.66. The number of nitrogens with one attached hydrogen (secondary N) is 1. The number of rotatable bonds is 8. The van der Waals surface area contributed by atoms with Crippen molar-refractivity contribution in [1.82, 2.24) is 4.90 Å². The molecule has 26 heavy (non-hydrogen) atoms. The van der Waals surface area contributed by atoms with E-state index in [1.807, 2.05) is 42.5 Å². The van der Waals surface area contributed by atoms with Crippen molar-refractivity contribution in [1.29, 1.82) is 0 Å². The molecule has 138 valence electrons. The first-order valence-corrected chi connectivity index (χ1v) is 8.52. The Bertz CT molecular complexity index is 719. The molecule has 2 amide bonds. The number of hydrogen-bond acceptors (Lipinski definition) is 4. The summed E-state index contributed by atoms with van der Waals surface area (Å²) >= 11 is 0. The maximum absolute atomic E-state index is 12.8. The lowest BCUT2D eigenvalue weighted by molar-refractivity contribution is -0.143. The Hall–Kier alpha value is -3.02. The second kappa shape index (κ2) is 10.1. The molecule has 0 aliphatic carbocycles. The van der Waals surface area contributed by atoms with Crippen molar-refractivity contribution in [3.05, 3.63) is 60.2 Å². The molecular formula is C20H24N2O4. The van der Waals surface area contributed by atoms with Crippen molar-refractivity contribution < 1.29 is 19.1 Å². The van der Waals surface area contributed by atoms with Crippen LogP contribution in [0.5, 0.6) is 5.75 Å². The molecular weight excluding hydrogens is 332 g/mol. The van der Waals surface area contributed by atoms with E-state index in [9.17, 15) is 9.59 Å². The van der Waals surface area contributed by atoms with E-state index < -0.39 is 0 Å². The number of urea groups is 1. The highest BCUT2D eigenvalue weighted by atomic mass is 16.5.